The fraction of sp³-hybridized carbons (Fsp3) is 0.182. The Morgan fingerprint density at radius 2 is 1.71 bits per heavy atom. The number of hydrogen-bond acceptors (Lipinski definition) is 4. The normalized spacial score (nSPS) is 13.5. The second kappa shape index (κ2) is 5.62. The summed E-state index contributed by atoms with van der Waals surface area (Å²) in [6.45, 7) is 0. The highest BCUT2D eigenvalue weighted by Gasteiger charge is 2.36. The number of halogens is 6. The number of alkyl halides is 3. The third-order valence-electron chi connectivity index (χ3n) is 2.55. The number of nitrogens with one attached hydrogen (secondary N) is 1. The van der Waals surface area contributed by atoms with Gasteiger partial charge in [-0.1, -0.05) is 0 Å². The van der Waals surface area contributed by atoms with Gasteiger partial charge in [0.2, 0.25) is 0 Å². The predicted octanol–water partition coefficient (Wildman–Crippen LogP) is 3.13. The molecule has 2 rings (SSSR count). The molecule has 3 N–H and O–H groups in total. The Morgan fingerprint density at radius 1 is 1.14 bits per heavy atom. The first-order chi connectivity index (χ1) is 9.74. The smallest absolute Gasteiger partial charge is 0.271 e. The highest BCUT2D eigenvalue weighted by Crippen LogP contribution is 2.36. The van der Waals surface area contributed by atoms with Crippen LogP contribution in [0.4, 0.5) is 26.3 Å². The van der Waals surface area contributed by atoms with E-state index in [2.05, 4.69) is 4.98 Å². The van der Waals surface area contributed by atoms with Crippen molar-refractivity contribution in [2.75, 3.05) is 0 Å². The Bertz CT molecular complexity index is 631. The van der Waals surface area contributed by atoms with Crippen LogP contribution in [0.25, 0.3) is 0 Å². The first kappa shape index (κ1) is 15.7. The molecule has 21 heavy (non-hydrogen) atoms. The van der Waals surface area contributed by atoms with Gasteiger partial charge in [0.1, 0.15) is 17.5 Å². The molecule has 2 aromatic rings. The van der Waals surface area contributed by atoms with Crippen molar-refractivity contribution in [2.24, 2.45) is 5.84 Å². The standard InChI is InChI=1S/C11H7F6N3S/c12-4-1-5(13)8(6(14)2-4)9(20-18)7-3-19-10(21-7)11(15,16)17/h1-3,9,20H,18H2. The van der Waals surface area contributed by atoms with Crippen molar-refractivity contribution in [1.29, 1.82) is 0 Å². The number of hydrazine groups is 1. The first-order valence-corrected chi connectivity index (χ1v) is 6.19. The number of rotatable bonds is 3. The Hall–Kier alpha value is -1.65. The van der Waals surface area contributed by atoms with Crippen LogP contribution in [-0.4, -0.2) is 4.98 Å². The van der Waals surface area contributed by atoms with E-state index in [-0.39, 0.29) is 16.2 Å². The third kappa shape index (κ3) is 3.17. The van der Waals surface area contributed by atoms with Gasteiger partial charge >= 0.3 is 6.18 Å². The van der Waals surface area contributed by atoms with Crippen molar-refractivity contribution < 1.29 is 26.3 Å². The van der Waals surface area contributed by atoms with Crippen LogP contribution in [0.15, 0.2) is 18.3 Å². The molecule has 10 heteroatoms. The monoisotopic (exact) mass is 327 g/mol. The molecule has 0 fully saturated rings. The number of hydrogen-bond donors (Lipinski definition) is 2. The molecule has 0 spiro atoms. The van der Waals surface area contributed by atoms with Crippen LogP contribution in [0, 0.1) is 17.5 Å². The van der Waals surface area contributed by atoms with E-state index in [1.54, 1.807) is 0 Å². The lowest BCUT2D eigenvalue weighted by Crippen LogP contribution is -2.29. The van der Waals surface area contributed by atoms with Gasteiger partial charge in [-0.05, 0) is 0 Å². The molecular weight excluding hydrogens is 320 g/mol. The van der Waals surface area contributed by atoms with Gasteiger partial charge < -0.3 is 0 Å². The number of aromatic nitrogens is 1. The molecule has 0 amide bonds. The zero-order valence-corrected chi connectivity index (χ0v) is 10.8. The lowest BCUT2D eigenvalue weighted by molar-refractivity contribution is -0.137. The Kier molecular flexibility index (Phi) is 4.21. The minimum Gasteiger partial charge on any atom is -0.271 e. The molecule has 0 radical (unpaired) electrons. The van der Waals surface area contributed by atoms with Gasteiger partial charge in [0.25, 0.3) is 0 Å². The Labute approximate surface area is 118 Å². The minimum atomic E-state index is -4.68. The van der Waals surface area contributed by atoms with E-state index in [4.69, 9.17) is 5.84 Å². The van der Waals surface area contributed by atoms with Gasteiger partial charge in [0.05, 0.1) is 6.04 Å². The van der Waals surface area contributed by atoms with Gasteiger partial charge in [-0.2, -0.15) is 13.2 Å². The lowest BCUT2D eigenvalue weighted by atomic mass is 10.0. The van der Waals surface area contributed by atoms with Crippen molar-refractivity contribution in [3.05, 3.63) is 51.2 Å². The van der Waals surface area contributed by atoms with Crippen LogP contribution in [0.3, 0.4) is 0 Å². The second-order valence-electron chi connectivity index (χ2n) is 3.95. The van der Waals surface area contributed by atoms with Crippen molar-refractivity contribution in [2.45, 2.75) is 12.2 Å². The van der Waals surface area contributed by atoms with Crippen molar-refractivity contribution >= 4 is 11.3 Å². The van der Waals surface area contributed by atoms with Crippen LogP contribution in [0.1, 0.15) is 21.5 Å². The van der Waals surface area contributed by atoms with Crippen LogP contribution in [0.2, 0.25) is 0 Å². The SMILES string of the molecule is NNC(c1cnc(C(F)(F)F)s1)c1c(F)cc(F)cc1F. The van der Waals surface area contributed by atoms with Gasteiger partial charge in [-0.3, -0.25) is 5.84 Å². The Morgan fingerprint density at radius 3 is 2.14 bits per heavy atom. The number of benzene rings is 1. The van der Waals surface area contributed by atoms with E-state index in [0.717, 1.165) is 6.20 Å². The van der Waals surface area contributed by atoms with Crippen molar-refractivity contribution in [3.63, 3.8) is 0 Å². The fourth-order valence-electron chi connectivity index (χ4n) is 1.69. The summed E-state index contributed by atoms with van der Waals surface area (Å²) in [6, 6.07) is -0.595. The first-order valence-electron chi connectivity index (χ1n) is 5.37. The molecule has 1 heterocycles. The zero-order valence-electron chi connectivity index (χ0n) is 10.0. The molecule has 0 aliphatic heterocycles. The summed E-state index contributed by atoms with van der Waals surface area (Å²) < 4.78 is 77.6. The fourth-order valence-corrected chi connectivity index (χ4v) is 2.54. The van der Waals surface area contributed by atoms with E-state index in [0.29, 0.717) is 12.1 Å². The van der Waals surface area contributed by atoms with Gasteiger partial charge in [-0.25, -0.2) is 23.6 Å². The quantitative estimate of drug-likeness (QED) is 0.517. The molecule has 1 aromatic heterocycles. The van der Waals surface area contributed by atoms with Crippen LogP contribution in [-0.2, 0) is 6.18 Å². The maximum Gasteiger partial charge on any atom is 0.443 e. The molecule has 1 aromatic carbocycles. The molecular formula is C11H7F6N3S. The van der Waals surface area contributed by atoms with Gasteiger partial charge in [0.15, 0.2) is 5.01 Å². The van der Waals surface area contributed by atoms with Crippen LogP contribution in [0.5, 0.6) is 0 Å². The molecule has 0 saturated carbocycles. The highest BCUT2D eigenvalue weighted by molar-refractivity contribution is 7.11. The topological polar surface area (TPSA) is 50.9 Å². The van der Waals surface area contributed by atoms with E-state index in [1.807, 2.05) is 5.43 Å². The molecule has 0 aliphatic rings. The predicted molar refractivity (Wildman–Crippen MR) is 62.6 cm³/mol. The number of nitrogens with zero attached hydrogens (tertiary/aromatic N) is 1. The van der Waals surface area contributed by atoms with Gasteiger partial charge in [0, 0.05) is 28.8 Å². The lowest BCUT2D eigenvalue weighted by Gasteiger charge is -2.16. The summed E-state index contributed by atoms with van der Waals surface area (Å²) in [7, 11) is 0. The summed E-state index contributed by atoms with van der Waals surface area (Å²) in [5.41, 5.74) is 1.32. The van der Waals surface area contributed by atoms with E-state index in [9.17, 15) is 26.3 Å². The van der Waals surface area contributed by atoms with E-state index < -0.39 is 40.2 Å². The Balaban J connectivity index is 2.48. The second-order valence-corrected chi connectivity index (χ2v) is 5.01. The summed E-state index contributed by atoms with van der Waals surface area (Å²) in [4.78, 5) is 2.98. The largest absolute Gasteiger partial charge is 0.443 e. The summed E-state index contributed by atoms with van der Waals surface area (Å²) in [5.74, 6) is 1.47. The van der Waals surface area contributed by atoms with Crippen molar-refractivity contribution in [3.8, 4) is 0 Å². The maximum atomic E-state index is 13.7. The summed E-state index contributed by atoms with van der Waals surface area (Å²) in [5, 5.41) is -1.18. The molecule has 0 bridgehead atoms. The summed E-state index contributed by atoms with van der Waals surface area (Å²) >= 11 is 0.183. The van der Waals surface area contributed by atoms with E-state index >= 15 is 0 Å². The maximum absolute atomic E-state index is 13.7. The molecule has 0 saturated heterocycles. The molecule has 3 nitrogen and oxygen atoms in total. The average Bonchev–Trinajstić information content (AvgIpc) is 2.82. The zero-order chi connectivity index (χ0) is 15.8. The van der Waals surface area contributed by atoms with Crippen molar-refractivity contribution in [1.82, 2.24) is 10.4 Å². The molecule has 114 valence electrons. The van der Waals surface area contributed by atoms with E-state index in [1.165, 1.54) is 0 Å². The molecule has 0 aliphatic carbocycles. The van der Waals surface area contributed by atoms with Gasteiger partial charge in [-0.15, -0.1) is 11.3 Å². The summed E-state index contributed by atoms with van der Waals surface area (Å²) in [6.07, 6.45) is -3.87. The van der Waals surface area contributed by atoms with Crippen LogP contribution < -0.4 is 11.3 Å². The third-order valence-corrected chi connectivity index (χ3v) is 3.66. The highest BCUT2D eigenvalue weighted by atomic mass is 32.1. The van der Waals surface area contributed by atoms with Crippen LogP contribution >= 0.6 is 11.3 Å². The number of thiazole rings is 1. The minimum absolute atomic E-state index is 0.158. The molecule has 1 atom stereocenters. The average molecular weight is 327 g/mol. The molecule has 1 unspecified atom stereocenters. The number of nitrogens with two attached hydrogens (primary N) is 1.